The van der Waals surface area contributed by atoms with E-state index < -0.39 is 11.5 Å². The third-order valence-corrected chi connectivity index (χ3v) is 3.11. The van der Waals surface area contributed by atoms with Crippen molar-refractivity contribution < 1.29 is 14.6 Å². The highest BCUT2D eigenvalue weighted by Gasteiger charge is 2.46. The summed E-state index contributed by atoms with van der Waals surface area (Å²) in [5.74, 6) is -0.340. The first kappa shape index (κ1) is 13.5. The molecule has 0 unspecified atom stereocenters. The molecule has 90 valence electrons. The maximum Gasteiger partial charge on any atom is 0.315 e. The minimum absolute atomic E-state index is 0.325. The minimum Gasteiger partial charge on any atom is -0.465 e. The van der Waals surface area contributed by atoms with Crippen LogP contribution < -0.4 is 0 Å². The molecule has 16 heavy (non-hydrogen) atoms. The molecule has 0 aromatic rings. The largest absolute Gasteiger partial charge is 0.465 e. The van der Waals surface area contributed by atoms with E-state index in [1.807, 2.05) is 6.08 Å². The zero-order valence-corrected chi connectivity index (χ0v) is 11.0. The summed E-state index contributed by atoms with van der Waals surface area (Å²) >= 11 is 3.25. The summed E-state index contributed by atoms with van der Waals surface area (Å²) in [6.07, 6.45) is 4.52. The lowest BCUT2D eigenvalue weighted by atomic mass is 9.72. The van der Waals surface area contributed by atoms with Gasteiger partial charge in [-0.05, 0) is 30.7 Å². The summed E-state index contributed by atoms with van der Waals surface area (Å²) in [5, 5.41) is 10.0. The van der Waals surface area contributed by atoms with Crippen LogP contribution in [0.3, 0.4) is 0 Å². The summed E-state index contributed by atoms with van der Waals surface area (Å²) in [7, 11) is 0. The van der Waals surface area contributed by atoms with Gasteiger partial charge in [-0.2, -0.15) is 0 Å². The van der Waals surface area contributed by atoms with E-state index in [1.165, 1.54) is 0 Å². The Morgan fingerprint density at radius 2 is 2.44 bits per heavy atom. The molecule has 1 aliphatic carbocycles. The molecule has 0 radical (unpaired) electrons. The fourth-order valence-corrected chi connectivity index (χ4v) is 2.50. The molecule has 1 N–H and O–H groups in total. The number of hydrogen-bond donors (Lipinski definition) is 1. The second-order valence-corrected chi connectivity index (χ2v) is 5.10. The lowest BCUT2D eigenvalue weighted by Crippen LogP contribution is -2.44. The number of carbonyl (C=O) groups is 1. The number of hydrogen-bond acceptors (Lipinski definition) is 3. The van der Waals surface area contributed by atoms with Crippen molar-refractivity contribution in [1.29, 1.82) is 0 Å². The number of carbonyl (C=O) groups excluding carboxylic acids is 1. The summed E-state index contributed by atoms with van der Waals surface area (Å²) in [6, 6.07) is 0. The number of halogens is 1. The minimum atomic E-state index is -0.870. The van der Waals surface area contributed by atoms with Gasteiger partial charge in [0.1, 0.15) is 5.41 Å². The number of aliphatic hydroxyl groups excluding tert-OH is 1. The zero-order chi connectivity index (χ0) is 12.2. The predicted octanol–water partition coefficient (Wildman–Crippen LogP) is 2.55. The molecule has 3 nitrogen and oxygen atoms in total. The molecule has 1 aliphatic rings. The Balaban J connectivity index is 2.96. The van der Waals surface area contributed by atoms with E-state index in [0.717, 1.165) is 6.42 Å². The van der Waals surface area contributed by atoms with Crippen molar-refractivity contribution in [3.8, 4) is 0 Å². The Morgan fingerprint density at radius 3 is 2.94 bits per heavy atom. The SMILES string of the molecule is C=C(Br)C[C@@]1(C(=O)OCC)CCC=C[C@@H]1O. The maximum absolute atomic E-state index is 12.0. The van der Waals surface area contributed by atoms with Gasteiger partial charge in [0.05, 0.1) is 12.7 Å². The van der Waals surface area contributed by atoms with Crippen LogP contribution in [0.2, 0.25) is 0 Å². The molecule has 0 aromatic heterocycles. The van der Waals surface area contributed by atoms with Gasteiger partial charge in [-0.1, -0.05) is 34.7 Å². The number of ether oxygens (including phenoxy) is 1. The Labute approximate surface area is 104 Å². The van der Waals surface area contributed by atoms with E-state index in [4.69, 9.17) is 4.74 Å². The Hall–Kier alpha value is -0.610. The van der Waals surface area contributed by atoms with Gasteiger partial charge in [-0.15, -0.1) is 0 Å². The first-order valence-electron chi connectivity index (χ1n) is 5.38. The topological polar surface area (TPSA) is 46.5 Å². The van der Waals surface area contributed by atoms with Crippen molar-refractivity contribution in [3.63, 3.8) is 0 Å². The first-order chi connectivity index (χ1) is 7.53. The molecule has 0 spiro atoms. The van der Waals surface area contributed by atoms with E-state index in [9.17, 15) is 9.90 Å². The number of aliphatic hydroxyl groups is 1. The highest BCUT2D eigenvalue weighted by atomic mass is 79.9. The third kappa shape index (κ3) is 2.74. The van der Waals surface area contributed by atoms with Gasteiger partial charge < -0.3 is 9.84 Å². The van der Waals surface area contributed by atoms with Crippen LogP contribution in [0.1, 0.15) is 26.2 Å². The van der Waals surface area contributed by atoms with Crippen molar-refractivity contribution in [1.82, 2.24) is 0 Å². The monoisotopic (exact) mass is 288 g/mol. The van der Waals surface area contributed by atoms with Crippen molar-refractivity contribution in [2.45, 2.75) is 32.3 Å². The van der Waals surface area contributed by atoms with Crippen LogP contribution in [0.5, 0.6) is 0 Å². The van der Waals surface area contributed by atoms with Gasteiger partial charge in [0.15, 0.2) is 0 Å². The summed E-state index contributed by atoms with van der Waals surface area (Å²) in [6.45, 7) is 5.83. The molecule has 0 aromatic carbocycles. The molecule has 1 rings (SSSR count). The maximum atomic E-state index is 12.0. The average molecular weight is 289 g/mol. The molecule has 0 fully saturated rings. The fourth-order valence-electron chi connectivity index (χ4n) is 2.00. The second-order valence-electron chi connectivity index (χ2n) is 3.98. The van der Waals surface area contributed by atoms with Gasteiger partial charge in [-0.25, -0.2) is 0 Å². The number of allylic oxidation sites excluding steroid dienone is 2. The van der Waals surface area contributed by atoms with Crippen LogP contribution in [0.15, 0.2) is 23.2 Å². The first-order valence-corrected chi connectivity index (χ1v) is 6.17. The van der Waals surface area contributed by atoms with E-state index in [0.29, 0.717) is 23.9 Å². The van der Waals surface area contributed by atoms with Crippen LogP contribution in [-0.2, 0) is 9.53 Å². The Bertz CT molecular complexity index is 311. The predicted molar refractivity (Wildman–Crippen MR) is 66.1 cm³/mol. The third-order valence-electron chi connectivity index (χ3n) is 2.83. The van der Waals surface area contributed by atoms with Crippen LogP contribution in [0.25, 0.3) is 0 Å². The second kappa shape index (κ2) is 5.64. The fraction of sp³-hybridized carbons (Fsp3) is 0.583. The van der Waals surface area contributed by atoms with Crippen molar-refractivity contribution in [2.75, 3.05) is 6.61 Å². The highest BCUT2D eigenvalue weighted by Crippen LogP contribution is 2.41. The summed E-state index contributed by atoms with van der Waals surface area (Å²) in [5.41, 5.74) is -0.870. The van der Waals surface area contributed by atoms with Gasteiger partial charge in [0.25, 0.3) is 0 Å². The normalized spacial score (nSPS) is 28.8. The van der Waals surface area contributed by atoms with Crippen LogP contribution in [-0.4, -0.2) is 23.8 Å². The quantitative estimate of drug-likeness (QED) is 0.639. The molecular weight excluding hydrogens is 272 g/mol. The molecule has 2 atom stereocenters. The molecule has 0 aliphatic heterocycles. The average Bonchev–Trinajstić information content (AvgIpc) is 2.21. The summed E-state index contributed by atoms with van der Waals surface area (Å²) in [4.78, 5) is 12.0. The smallest absolute Gasteiger partial charge is 0.315 e. The van der Waals surface area contributed by atoms with Crippen LogP contribution in [0, 0.1) is 5.41 Å². The molecule has 0 amide bonds. The highest BCUT2D eigenvalue weighted by molar-refractivity contribution is 9.11. The van der Waals surface area contributed by atoms with Crippen molar-refractivity contribution in [3.05, 3.63) is 23.2 Å². The van der Waals surface area contributed by atoms with E-state index >= 15 is 0 Å². The standard InChI is InChI=1S/C12H17BrO3/c1-3-16-11(15)12(8-9(2)13)7-5-4-6-10(12)14/h4,6,10,14H,2-3,5,7-8H2,1H3/t10-,12-/m0/s1. The molecule has 0 saturated carbocycles. The molecule has 4 heteroatoms. The van der Waals surface area contributed by atoms with Gasteiger partial charge in [-0.3, -0.25) is 4.79 Å². The van der Waals surface area contributed by atoms with E-state index in [2.05, 4.69) is 22.5 Å². The zero-order valence-electron chi connectivity index (χ0n) is 9.41. The van der Waals surface area contributed by atoms with Crippen molar-refractivity contribution in [2.24, 2.45) is 5.41 Å². The van der Waals surface area contributed by atoms with Gasteiger partial charge in [0, 0.05) is 0 Å². The number of esters is 1. The Morgan fingerprint density at radius 1 is 1.75 bits per heavy atom. The van der Waals surface area contributed by atoms with E-state index in [-0.39, 0.29) is 5.97 Å². The molecular formula is C12H17BrO3. The Kier molecular flexibility index (Phi) is 4.74. The van der Waals surface area contributed by atoms with Crippen LogP contribution >= 0.6 is 15.9 Å². The molecule has 0 saturated heterocycles. The lowest BCUT2D eigenvalue weighted by molar-refractivity contribution is -0.162. The molecule has 0 heterocycles. The number of rotatable bonds is 4. The van der Waals surface area contributed by atoms with Crippen LogP contribution in [0.4, 0.5) is 0 Å². The van der Waals surface area contributed by atoms with Gasteiger partial charge >= 0.3 is 5.97 Å². The van der Waals surface area contributed by atoms with Crippen molar-refractivity contribution >= 4 is 21.9 Å². The van der Waals surface area contributed by atoms with Gasteiger partial charge in [0.2, 0.25) is 0 Å². The van der Waals surface area contributed by atoms with E-state index in [1.54, 1.807) is 13.0 Å². The molecule has 0 bridgehead atoms. The summed E-state index contributed by atoms with van der Waals surface area (Å²) < 4.78 is 5.76. The lowest BCUT2D eigenvalue weighted by Gasteiger charge is -2.36.